The highest BCUT2D eigenvalue weighted by atomic mass is 16.4. The molecule has 0 atom stereocenters. The molecule has 0 aliphatic heterocycles. The van der Waals surface area contributed by atoms with Gasteiger partial charge in [0.2, 0.25) is 0 Å². The number of carboxylic acid groups (broad SMARTS) is 1. The SMILES string of the molecule is Nc1[nH]c(=O)ncc1/C=C/c1ccc(C(=O)O)cc1. The van der Waals surface area contributed by atoms with Crippen molar-refractivity contribution in [3.05, 3.63) is 57.6 Å². The van der Waals surface area contributed by atoms with E-state index >= 15 is 0 Å². The van der Waals surface area contributed by atoms with Gasteiger partial charge >= 0.3 is 11.7 Å². The summed E-state index contributed by atoms with van der Waals surface area (Å²) in [7, 11) is 0. The second-order valence-electron chi connectivity index (χ2n) is 3.82. The summed E-state index contributed by atoms with van der Waals surface area (Å²) in [5.41, 5.74) is 6.75. The lowest BCUT2D eigenvalue weighted by Gasteiger charge is -1.98. The Bertz CT molecular complexity index is 687. The first-order valence-electron chi connectivity index (χ1n) is 5.42. The van der Waals surface area contributed by atoms with E-state index in [1.165, 1.54) is 18.3 Å². The number of carbonyl (C=O) groups is 1. The smallest absolute Gasteiger partial charge is 0.346 e. The lowest BCUT2D eigenvalue weighted by atomic mass is 10.1. The molecule has 4 N–H and O–H groups in total. The molecule has 1 aromatic heterocycles. The number of hydrogen-bond acceptors (Lipinski definition) is 4. The lowest BCUT2D eigenvalue weighted by molar-refractivity contribution is 0.0697. The van der Waals surface area contributed by atoms with Gasteiger partial charge in [0.05, 0.1) is 5.56 Å². The highest BCUT2D eigenvalue weighted by molar-refractivity contribution is 5.88. The Balaban J connectivity index is 2.22. The van der Waals surface area contributed by atoms with Crippen molar-refractivity contribution in [1.82, 2.24) is 9.97 Å². The van der Waals surface area contributed by atoms with Crippen LogP contribution >= 0.6 is 0 Å². The molecule has 0 unspecified atom stereocenters. The van der Waals surface area contributed by atoms with Gasteiger partial charge in [0.15, 0.2) is 0 Å². The Labute approximate surface area is 108 Å². The minimum atomic E-state index is -0.968. The number of H-pyrrole nitrogens is 1. The van der Waals surface area contributed by atoms with Crippen LogP contribution in [0.4, 0.5) is 5.82 Å². The summed E-state index contributed by atoms with van der Waals surface area (Å²) in [5.74, 6) is -0.733. The van der Waals surface area contributed by atoms with Crippen LogP contribution in [-0.4, -0.2) is 21.0 Å². The topological polar surface area (TPSA) is 109 Å². The summed E-state index contributed by atoms with van der Waals surface area (Å²) < 4.78 is 0. The van der Waals surface area contributed by atoms with Crippen LogP contribution in [0.15, 0.2) is 35.3 Å². The van der Waals surface area contributed by atoms with Crippen LogP contribution < -0.4 is 11.4 Å². The number of nitrogens with zero attached hydrogens (tertiary/aromatic N) is 1. The van der Waals surface area contributed by atoms with Gasteiger partial charge in [-0.2, -0.15) is 0 Å². The predicted molar refractivity (Wildman–Crippen MR) is 71.6 cm³/mol. The number of rotatable bonds is 3. The average molecular weight is 257 g/mol. The van der Waals surface area contributed by atoms with Gasteiger partial charge in [-0.25, -0.2) is 14.6 Å². The van der Waals surface area contributed by atoms with Gasteiger partial charge in [-0.1, -0.05) is 18.2 Å². The fourth-order valence-electron chi connectivity index (χ4n) is 1.47. The van der Waals surface area contributed by atoms with Crippen molar-refractivity contribution in [2.75, 3.05) is 5.73 Å². The van der Waals surface area contributed by atoms with E-state index < -0.39 is 11.7 Å². The Morgan fingerprint density at radius 1 is 1.26 bits per heavy atom. The normalized spacial score (nSPS) is 10.7. The predicted octanol–water partition coefficient (Wildman–Crippen LogP) is 1.22. The maximum atomic E-state index is 10.9. The Hall–Kier alpha value is -2.89. The summed E-state index contributed by atoms with van der Waals surface area (Å²) in [4.78, 5) is 27.5. The highest BCUT2D eigenvalue weighted by Gasteiger charge is 2.00. The third-order valence-electron chi connectivity index (χ3n) is 2.49. The molecule has 1 heterocycles. The van der Waals surface area contributed by atoms with E-state index in [1.807, 2.05) is 0 Å². The Kier molecular flexibility index (Phi) is 3.42. The van der Waals surface area contributed by atoms with Crippen molar-refractivity contribution in [1.29, 1.82) is 0 Å². The van der Waals surface area contributed by atoms with Crippen molar-refractivity contribution >= 4 is 23.9 Å². The third kappa shape index (κ3) is 3.06. The Morgan fingerprint density at radius 2 is 1.95 bits per heavy atom. The molecule has 0 saturated heterocycles. The molecule has 0 saturated carbocycles. The average Bonchev–Trinajstić information content (AvgIpc) is 2.38. The van der Waals surface area contributed by atoms with Crippen molar-refractivity contribution in [2.24, 2.45) is 0 Å². The van der Waals surface area contributed by atoms with Crippen molar-refractivity contribution in [3.8, 4) is 0 Å². The van der Waals surface area contributed by atoms with E-state index in [-0.39, 0.29) is 11.4 Å². The molecule has 0 aliphatic rings. The minimum Gasteiger partial charge on any atom is -0.478 e. The monoisotopic (exact) mass is 257 g/mol. The number of anilines is 1. The zero-order chi connectivity index (χ0) is 13.8. The zero-order valence-electron chi connectivity index (χ0n) is 9.83. The summed E-state index contributed by atoms with van der Waals surface area (Å²) in [6, 6.07) is 6.37. The van der Waals surface area contributed by atoms with Gasteiger partial charge in [-0.05, 0) is 23.8 Å². The lowest BCUT2D eigenvalue weighted by Crippen LogP contribution is -2.12. The van der Waals surface area contributed by atoms with Crippen LogP contribution in [0.3, 0.4) is 0 Å². The molecule has 6 nitrogen and oxygen atoms in total. The van der Waals surface area contributed by atoms with Gasteiger partial charge in [-0.15, -0.1) is 0 Å². The van der Waals surface area contributed by atoms with E-state index in [0.29, 0.717) is 5.56 Å². The summed E-state index contributed by atoms with van der Waals surface area (Å²) >= 11 is 0. The van der Waals surface area contributed by atoms with Crippen LogP contribution in [0.5, 0.6) is 0 Å². The van der Waals surface area contributed by atoms with Crippen molar-refractivity contribution in [3.63, 3.8) is 0 Å². The molecule has 2 aromatic rings. The van der Waals surface area contributed by atoms with Crippen molar-refractivity contribution < 1.29 is 9.90 Å². The summed E-state index contributed by atoms with van der Waals surface area (Å²) in [6.45, 7) is 0. The quantitative estimate of drug-likeness (QED) is 0.766. The van der Waals surface area contributed by atoms with E-state index in [4.69, 9.17) is 10.8 Å². The molecule has 0 radical (unpaired) electrons. The summed E-state index contributed by atoms with van der Waals surface area (Å²) in [6.07, 6.45) is 4.81. The molecule has 96 valence electrons. The number of benzene rings is 1. The molecule has 0 spiro atoms. The van der Waals surface area contributed by atoms with E-state index in [1.54, 1.807) is 24.3 Å². The van der Waals surface area contributed by atoms with Gasteiger partial charge in [0.1, 0.15) is 5.82 Å². The minimum absolute atomic E-state index is 0.224. The van der Waals surface area contributed by atoms with Crippen LogP contribution in [0.1, 0.15) is 21.5 Å². The number of aromatic nitrogens is 2. The van der Waals surface area contributed by atoms with Crippen LogP contribution in [0, 0.1) is 0 Å². The highest BCUT2D eigenvalue weighted by Crippen LogP contribution is 2.11. The number of carboxylic acids is 1. The largest absolute Gasteiger partial charge is 0.478 e. The van der Waals surface area contributed by atoms with Crippen molar-refractivity contribution in [2.45, 2.75) is 0 Å². The maximum Gasteiger partial charge on any atom is 0.346 e. The number of hydrogen-bond donors (Lipinski definition) is 3. The molecule has 0 amide bonds. The fourth-order valence-corrected chi connectivity index (χ4v) is 1.47. The van der Waals surface area contributed by atoms with E-state index in [2.05, 4.69) is 9.97 Å². The van der Waals surface area contributed by atoms with Gasteiger partial charge in [-0.3, -0.25) is 4.98 Å². The van der Waals surface area contributed by atoms with Gasteiger partial charge < -0.3 is 10.8 Å². The zero-order valence-corrected chi connectivity index (χ0v) is 9.83. The fraction of sp³-hybridized carbons (Fsp3) is 0. The Morgan fingerprint density at radius 3 is 2.53 bits per heavy atom. The molecule has 2 rings (SSSR count). The van der Waals surface area contributed by atoms with Gasteiger partial charge in [0.25, 0.3) is 0 Å². The number of nitrogens with two attached hydrogens (primary N) is 1. The molecule has 19 heavy (non-hydrogen) atoms. The first-order valence-corrected chi connectivity index (χ1v) is 5.42. The standard InChI is InChI=1S/C13H11N3O3/c14-11-10(7-15-13(19)16-11)6-3-8-1-4-9(5-2-8)12(17)18/h1-7H,(H,17,18)(H3,14,15,16,19)/b6-3+. The van der Waals surface area contributed by atoms with Crippen LogP contribution in [0.25, 0.3) is 12.2 Å². The second kappa shape index (κ2) is 5.18. The second-order valence-corrected chi connectivity index (χ2v) is 3.82. The first kappa shape index (κ1) is 12.6. The van der Waals surface area contributed by atoms with E-state index in [9.17, 15) is 9.59 Å². The molecular formula is C13H11N3O3. The number of aromatic amines is 1. The van der Waals surface area contributed by atoms with Crippen LogP contribution in [-0.2, 0) is 0 Å². The number of nitrogen functional groups attached to an aromatic ring is 1. The van der Waals surface area contributed by atoms with Crippen LogP contribution in [0.2, 0.25) is 0 Å². The van der Waals surface area contributed by atoms with Gasteiger partial charge in [0, 0.05) is 11.8 Å². The van der Waals surface area contributed by atoms with E-state index in [0.717, 1.165) is 5.56 Å². The molecule has 0 fully saturated rings. The number of aromatic carboxylic acids is 1. The number of nitrogens with one attached hydrogen (secondary N) is 1. The molecule has 0 bridgehead atoms. The molecule has 0 aliphatic carbocycles. The first-order chi connectivity index (χ1) is 9.06. The molecular weight excluding hydrogens is 246 g/mol. The molecule has 1 aromatic carbocycles. The molecule has 6 heteroatoms. The third-order valence-corrected chi connectivity index (χ3v) is 2.49. The summed E-state index contributed by atoms with van der Waals surface area (Å²) in [5, 5.41) is 8.77. The maximum absolute atomic E-state index is 10.9.